The third-order valence-corrected chi connectivity index (χ3v) is 5.36. The molecule has 2 saturated carbocycles. The molecule has 2 fully saturated rings. The molecule has 0 spiro atoms. The number of hydrogen-bond acceptors (Lipinski definition) is 2. The lowest BCUT2D eigenvalue weighted by molar-refractivity contribution is 0.0845. The Bertz CT molecular complexity index is 341. The van der Waals surface area contributed by atoms with Crippen molar-refractivity contribution in [3.8, 4) is 0 Å². The summed E-state index contributed by atoms with van der Waals surface area (Å²) in [5.41, 5.74) is 6.24. The van der Waals surface area contributed by atoms with Gasteiger partial charge >= 0.3 is 0 Å². The minimum absolute atomic E-state index is 0. The minimum Gasteiger partial charge on any atom is -0.370 e. The fourth-order valence-corrected chi connectivity index (χ4v) is 3.56. The van der Waals surface area contributed by atoms with Crippen LogP contribution in [-0.2, 0) is 0 Å². The third kappa shape index (κ3) is 5.27. The monoisotopic (exact) mass is 408 g/mol. The molecule has 2 rings (SSSR count). The van der Waals surface area contributed by atoms with Crippen LogP contribution in [-0.4, -0.2) is 43.6 Å². The second kappa shape index (κ2) is 8.56. The van der Waals surface area contributed by atoms with Crippen LogP contribution < -0.4 is 11.1 Å². The molecule has 0 radical (unpaired) electrons. The van der Waals surface area contributed by atoms with E-state index in [0.717, 1.165) is 24.9 Å². The predicted octanol–water partition coefficient (Wildman–Crippen LogP) is 2.82. The highest BCUT2D eigenvalue weighted by Gasteiger charge is 2.36. The molecule has 2 atom stereocenters. The molecule has 2 aliphatic rings. The molecule has 21 heavy (non-hydrogen) atoms. The number of likely N-dealkylation sites (N-methyl/N-ethyl adjacent to an activating group) is 1. The summed E-state index contributed by atoms with van der Waals surface area (Å²) >= 11 is 0. The summed E-state index contributed by atoms with van der Waals surface area (Å²) in [7, 11) is 4.37. The Kier molecular flexibility index (Phi) is 7.74. The van der Waals surface area contributed by atoms with E-state index >= 15 is 0 Å². The van der Waals surface area contributed by atoms with Crippen LogP contribution in [0.3, 0.4) is 0 Å². The number of nitrogens with two attached hydrogens (primary N) is 1. The molecule has 0 aromatic heterocycles. The molecule has 2 unspecified atom stereocenters. The van der Waals surface area contributed by atoms with E-state index in [0.29, 0.717) is 5.96 Å². The predicted molar refractivity (Wildman–Crippen MR) is 101 cm³/mol. The van der Waals surface area contributed by atoms with Crippen molar-refractivity contribution in [1.29, 1.82) is 0 Å². The van der Waals surface area contributed by atoms with Crippen molar-refractivity contribution in [2.45, 2.75) is 57.4 Å². The third-order valence-electron chi connectivity index (χ3n) is 5.36. The number of nitrogens with one attached hydrogen (secondary N) is 1. The molecule has 0 aromatic carbocycles. The first-order valence-corrected chi connectivity index (χ1v) is 8.23. The SMILES string of the molecule is CC1CCCC(CN=C(N)NCC2CCC2)(N(C)C)C1.I. The van der Waals surface area contributed by atoms with Gasteiger partial charge < -0.3 is 16.0 Å². The fraction of sp³-hybridized carbons (Fsp3) is 0.938. The van der Waals surface area contributed by atoms with Crippen molar-refractivity contribution in [3.05, 3.63) is 0 Å². The molecule has 0 amide bonds. The van der Waals surface area contributed by atoms with Gasteiger partial charge in [-0.3, -0.25) is 4.99 Å². The molecule has 0 saturated heterocycles. The quantitative estimate of drug-likeness (QED) is 0.418. The summed E-state index contributed by atoms with van der Waals surface area (Å²) in [4.78, 5) is 7.01. The van der Waals surface area contributed by atoms with Crippen molar-refractivity contribution in [2.75, 3.05) is 27.2 Å². The maximum Gasteiger partial charge on any atom is 0.188 e. The Hall–Kier alpha value is -0.0400. The van der Waals surface area contributed by atoms with Crippen LogP contribution in [0.4, 0.5) is 0 Å². The maximum atomic E-state index is 6.03. The summed E-state index contributed by atoms with van der Waals surface area (Å²) in [6.45, 7) is 4.19. The number of halogens is 1. The number of aliphatic imine (C=N–C) groups is 1. The van der Waals surface area contributed by atoms with Gasteiger partial charge in [0.1, 0.15) is 0 Å². The molecule has 0 heterocycles. The van der Waals surface area contributed by atoms with Gasteiger partial charge in [-0.05, 0) is 51.6 Å². The molecule has 0 aliphatic heterocycles. The zero-order chi connectivity index (χ0) is 14.6. The van der Waals surface area contributed by atoms with Gasteiger partial charge in [0.2, 0.25) is 0 Å². The van der Waals surface area contributed by atoms with E-state index in [2.05, 4.69) is 36.2 Å². The normalized spacial score (nSPS) is 30.7. The highest BCUT2D eigenvalue weighted by Crippen LogP contribution is 2.35. The Labute approximate surface area is 147 Å². The van der Waals surface area contributed by atoms with Crippen molar-refractivity contribution >= 4 is 29.9 Å². The molecule has 124 valence electrons. The standard InChI is InChI=1S/C16H32N4.HI/c1-13-6-5-9-16(10-13,20(2)3)12-19-15(17)18-11-14-7-4-8-14;/h13-14H,4-12H2,1-3H3,(H3,17,18,19);1H. The van der Waals surface area contributed by atoms with Gasteiger partial charge in [0.05, 0.1) is 6.54 Å². The summed E-state index contributed by atoms with van der Waals surface area (Å²) in [6, 6.07) is 0. The van der Waals surface area contributed by atoms with Gasteiger partial charge in [-0.15, -0.1) is 24.0 Å². The van der Waals surface area contributed by atoms with E-state index in [9.17, 15) is 0 Å². The second-order valence-electron chi connectivity index (χ2n) is 7.20. The number of nitrogens with zero attached hydrogens (tertiary/aromatic N) is 2. The molecule has 5 heteroatoms. The van der Waals surface area contributed by atoms with Crippen molar-refractivity contribution < 1.29 is 0 Å². The van der Waals surface area contributed by atoms with E-state index in [-0.39, 0.29) is 29.5 Å². The average Bonchev–Trinajstić information content (AvgIpc) is 2.34. The van der Waals surface area contributed by atoms with E-state index < -0.39 is 0 Å². The fourth-order valence-electron chi connectivity index (χ4n) is 3.56. The van der Waals surface area contributed by atoms with Crippen LogP contribution in [0.1, 0.15) is 51.9 Å². The second-order valence-corrected chi connectivity index (χ2v) is 7.20. The number of hydrogen-bond donors (Lipinski definition) is 2. The zero-order valence-corrected chi connectivity index (χ0v) is 16.2. The summed E-state index contributed by atoms with van der Waals surface area (Å²) in [5, 5.41) is 3.30. The maximum absolute atomic E-state index is 6.03. The molecular weight excluding hydrogens is 375 g/mol. The smallest absolute Gasteiger partial charge is 0.188 e. The van der Waals surface area contributed by atoms with Gasteiger partial charge in [0.25, 0.3) is 0 Å². The summed E-state index contributed by atoms with van der Waals surface area (Å²) in [6.07, 6.45) is 9.21. The van der Waals surface area contributed by atoms with Gasteiger partial charge in [0.15, 0.2) is 5.96 Å². The van der Waals surface area contributed by atoms with Crippen LogP contribution >= 0.6 is 24.0 Å². The topological polar surface area (TPSA) is 53.6 Å². The molecule has 0 aromatic rings. The lowest BCUT2D eigenvalue weighted by Gasteiger charge is -2.44. The van der Waals surface area contributed by atoms with Crippen LogP contribution in [0.5, 0.6) is 0 Å². The van der Waals surface area contributed by atoms with Crippen LogP contribution in [0.2, 0.25) is 0 Å². The lowest BCUT2D eigenvalue weighted by Crippen LogP contribution is -2.51. The van der Waals surface area contributed by atoms with Gasteiger partial charge in [0, 0.05) is 12.1 Å². The van der Waals surface area contributed by atoms with E-state index in [1.54, 1.807) is 0 Å². The van der Waals surface area contributed by atoms with Crippen LogP contribution in [0.25, 0.3) is 0 Å². The number of guanidine groups is 1. The summed E-state index contributed by atoms with van der Waals surface area (Å²) < 4.78 is 0. The van der Waals surface area contributed by atoms with Crippen LogP contribution in [0, 0.1) is 11.8 Å². The lowest BCUT2D eigenvalue weighted by atomic mass is 9.75. The van der Waals surface area contributed by atoms with Gasteiger partial charge in [-0.2, -0.15) is 0 Å². The Balaban J connectivity index is 0.00000220. The molecular formula is C16H33IN4. The minimum atomic E-state index is 0. The van der Waals surface area contributed by atoms with Crippen molar-refractivity contribution in [3.63, 3.8) is 0 Å². The van der Waals surface area contributed by atoms with Gasteiger partial charge in [-0.25, -0.2) is 0 Å². The highest BCUT2D eigenvalue weighted by molar-refractivity contribution is 14.0. The molecule has 4 nitrogen and oxygen atoms in total. The Morgan fingerprint density at radius 3 is 2.52 bits per heavy atom. The Morgan fingerprint density at radius 2 is 2.00 bits per heavy atom. The first-order chi connectivity index (χ1) is 9.52. The largest absolute Gasteiger partial charge is 0.370 e. The van der Waals surface area contributed by atoms with Gasteiger partial charge in [-0.1, -0.05) is 26.2 Å². The van der Waals surface area contributed by atoms with Crippen molar-refractivity contribution in [1.82, 2.24) is 10.2 Å². The summed E-state index contributed by atoms with van der Waals surface area (Å²) in [5.74, 6) is 2.25. The van der Waals surface area contributed by atoms with Crippen LogP contribution in [0.15, 0.2) is 4.99 Å². The van der Waals surface area contributed by atoms with E-state index in [1.807, 2.05) is 0 Å². The average molecular weight is 408 g/mol. The van der Waals surface area contributed by atoms with E-state index in [1.165, 1.54) is 44.9 Å². The van der Waals surface area contributed by atoms with Crippen molar-refractivity contribution in [2.24, 2.45) is 22.6 Å². The first kappa shape index (κ1) is 19.0. The molecule has 0 bridgehead atoms. The molecule has 2 aliphatic carbocycles. The van der Waals surface area contributed by atoms with E-state index in [4.69, 9.17) is 5.73 Å². The first-order valence-electron chi connectivity index (χ1n) is 8.23. The Morgan fingerprint density at radius 1 is 1.29 bits per heavy atom. The zero-order valence-electron chi connectivity index (χ0n) is 13.9. The highest BCUT2D eigenvalue weighted by atomic mass is 127. The molecule has 3 N–H and O–H groups in total. The number of rotatable bonds is 5.